The first kappa shape index (κ1) is 15.7. The van der Waals surface area contributed by atoms with E-state index in [1.165, 1.54) is 0 Å². The van der Waals surface area contributed by atoms with E-state index >= 15 is 0 Å². The lowest BCUT2D eigenvalue weighted by molar-refractivity contribution is 0.0953. The van der Waals surface area contributed by atoms with Gasteiger partial charge >= 0.3 is 0 Å². The Bertz CT molecular complexity index is 363. The lowest BCUT2D eigenvalue weighted by atomic mass is 10.1. The van der Waals surface area contributed by atoms with Gasteiger partial charge in [0.15, 0.2) is 0 Å². The summed E-state index contributed by atoms with van der Waals surface area (Å²) in [6.45, 7) is 1.57. The molecule has 0 unspecified atom stereocenters. The normalized spacial score (nSPS) is 10.4. The standard InChI is InChI=1S/C15H24N2O2/c16-10-9-13-5-7-14(8-6-13)15(19)17-11-3-1-2-4-12-18/h5-8,18H,1-4,9-12,16H2,(H,17,19). The van der Waals surface area contributed by atoms with Gasteiger partial charge in [0, 0.05) is 18.7 Å². The Morgan fingerprint density at radius 3 is 2.42 bits per heavy atom. The maximum absolute atomic E-state index is 11.8. The van der Waals surface area contributed by atoms with Crippen LogP contribution >= 0.6 is 0 Å². The van der Waals surface area contributed by atoms with E-state index in [1.54, 1.807) is 0 Å². The minimum atomic E-state index is -0.0264. The van der Waals surface area contributed by atoms with Crippen molar-refractivity contribution in [1.82, 2.24) is 5.32 Å². The summed E-state index contributed by atoms with van der Waals surface area (Å²) in [5.74, 6) is -0.0264. The van der Waals surface area contributed by atoms with E-state index in [4.69, 9.17) is 10.8 Å². The number of unbranched alkanes of at least 4 members (excludes halogenated alkanes) is 3. The minimum Gasteiger partial charge on any atom is -0.396 e. The van der Waals surface area contributed by atoms with Gasteiger partial charge in [0.1, 0.15) is 0 Å². The molecule has 1 amide bonds. The summed E-state index contributed by atoms with van der Waals surface area (Å²) < 4.78 is 0. The van der Waals surface area contributed by atoms with E-state index in [9.17, 15) is 4.79 Å². The number of nitrogens with one attached hydrogen (secondary N) is 1. The molecule has 0 bridgehead atoms. The molecule has 19 heavy (non-hydrogen) atoms. The van der Waals surface area contributed by atoms with E-state index in [0.29, 0.717) is 18.7 Å². The number of aliphatic hydroxyl groups excluding tert-OH is 1. The highest BCUT2D eigenvalue weighted by atomic mass is 16.2. The molecule has 0 aliphatic carbocycles. The van der Waals surface area contributed by atoms with Gasteiger partial charge in [0.2, 0.25) is 0 Å². The van der Waals surface area contributed by atoms with Crippen molar-refractivity contribution in [3.05, 3.63) is 35.4 Å². The van der Waals surface area contributed by atoms with Crippen LogP contribution in [0.1, 0.15) is 41.6 Å². The Labute approximate surface area is 115 Å². The Hall–Kier alpha value is -1.39. The van der Waals surface area contributed by atoms with Gasteiger partial charge in [-0.3, -0.25) is 4.79 Å². The predicted octanol–water partition coefficient (Wildman–Crippen LogP) is 1.47. The minimum absolute atomic E-state index is 0.0264. The number of aliphatic hydroxyl groups is 1. The molecule has 0 aromatic heterocycles. The van der Waals surface area contributed by atoms with Gasteiger partial charge in [-0.1, -0.05) is 25.0 Å². The summed E-state index contributed by atoms with van der Waals surface area (Å²) in [7, 11) is 0. The molecule has 0 saturated heterocycles. The zero-order chi connectivity index (χ0) is 13.9. The smallest absolute Gasteiger partial charge is 0.251 e. The highest BCUT2D eigenvalue weighted by Gasteiger charge is 2.04. The summed E-state index contributed by atoms with van der Waals surface area (Å²) in [6, 6.07) is 7.57. The molecule has 0 aliphatic heterocycles. The van der Waals surface area contributed by atoms with Gasteiger partial charge in [0.05, 0.1) is 0 Å². The summed E-state index contributed by atoms with van der Waals surface area (Å²) in [5.41, 5.74) is 7.33. The van der Waals surface area contributed by atoms with Crippen molar-refractivity contribution >= 4 is 5.91 Å². The third-order valence-electron chi connectivity index (χ3n) is 3.02. The lowest BCUT2D eigenvalue weighted by Gasteiger charge is -2.06. The number of nitrogens with two attached hydrogens (primary N) is 1. The van der Waals surface area contributed by atoms with Crippen LogP contribution in [0.2, 0.25) is 0 Å². The van der Waals surface area contributed by atoms with Crippen molar-refractivity contribution in [3.63, 3.8) is 0 Å². The molecule has 1 aromatic rings. The summed E-state index contributed by atoms with van der Waals surface area (Å²) >= 11 is 0. The highest BCUT2D eigenvalue weighted by Crippen LogP contribution is 2.05. The number of amides is 1. The maximum Gasteiger partial charge on any atom is 0.251 e. The molecule has 4 heteroatoms. The fourth-order valence-electron chi connectivity index (χ4n) is 1.88. The third kappa shape index (κ3) is 6.36. The van der Waals surface area contributed by atoms with Gasteiger partial charge in [-0.15, -0.1) is 0 Å². The number of carbonyl (C=O) groups is 1. The van der Waals surface area contributed by atoms with Crippen molar-refractivity contribution in [3.8, 4) is 0 Å². The molecular weight excluding hydrogens is 240 g/mol. The van der Waals surface area contributed by atoms with Crippen molar-refractivity contribution in [2.45, 2.75) is 32.1 Å². The van der Waals surface area contributed by atoms with Crippen LogP contribution in [-0.4, -0.2) is 30.7 Å². The zero-order valence-corrected chi connectivity index (χ0v) is 11.4. The van der Waals surface area contributed by atoms with Crippen LogP contribution in [0, 0.1) is 0 Å². The molecular formula is C15H24N2O2. The summed E-state index contributed by atoms with van der Waals surface area (Å²) in [6.07, 6.45) is 4.69. The summed E-state index contributed by atoms with van der Waals surface area (Å²) in [5, 5.41) is 11.5. The number of carbonyl (C=O) groups excluding carboxylic acids is 1. The Morgan fingerprint density at radius 1 is 1.11 bits per heavy atom. The molecule has 4 nitrogen and oxygen atoms in total. The maximum atomic E-state index is 11.8. The molecule has 1 aromatic carbocycles. The monoisotopic (exact) mass is 264 g/mol. The van der Waals surface area contributed by atoms with Crippen molar-refractivity contribution in [2.75, 3.05) is 19.7 Å². The molecule has 0 radical (unpaired) electrons. The van der Waals surface area contributed by atoms with Gasteiger partial charge in [-0.2, -0.15) is 0 Å². The number of rotatable bonds is 9. The molecule has 0 saturated carbocycles. The lowest BCUT2D eigenvalue weighted by Crippen LogP contribution is -2.24. The topological polar surface area (TPSA) is 75.4 Å². The van der Waals surface area contributed by atoms with E-state index in [-0.39, 0.29) is 12.5 Å². The highest BCUT2D eigenvalue weighted by molar-refractivity contribution is 5.94. The Kier molecular flexibility index (Phi) is 7.86. The third-order valence-corrected chi connectivity index (χ3v) is 3.02. The molecule has 0 aliphatic rings. The number of benzene rings is 1. The molecule has 0 heterocycles. The van der Waals surface area contributed by atoms with Crippen molar-refractivity contribution in [2.24, 2.45) is 5.73 Å². The van der Waals surface area contributed by atoms with E-state index in [1.807, 2.05) is 24.3 Å². The summed E-state index contributed by atoms with van der Waals surface area (Å²) in [4.78, 5) is 11.8. The van der Waals surface area contributed by atoms with Gasteiger partial charge in [0.25, 0.3) is 5.91 Å². The molecule has 106 valence electrons. The van der Waals surface area contributed by atoms with E-state index < -0.39 is 0 Å². The van der Waals surface area contributed by atoms with Crippen LogP contribution in [0.25, 0.3) is 0 Å². The van der Waals surface area contributed by atoms with Crippen LogP contribution in [-0.2, 0) is 6.42 Å². The zero-order valence-electron chi connectivity index (χ0n) is 11.4. The second kappa shape index (κ2) is 9.53. The van der Waals surface area contributed by atoms with Gasteiger partial charge < -0.3 is 16.2 Å². The Balaban J connectivity index is 2.25. The number of hydrogen-bond acceptors (Lipinski definition) is 3. The first-order chi connectivity index (χ1) is 9.27. The van der Waals surface area contributed by atoms with Crippen LogP contribution < -0.4 is 11.1 Å². The van der Waals surface area contributed by atoms with Gasteiger partial charge in [-0.25, -0.2) is 0 Å². The first-order valence-electron chi connectivity index (χ1n) is 6.96. The number of hydrogen-bond donors (Lipinski definition) is 3. The van der Waals surface area contributed by atoms with E-state index in [0.717, 1.165) is 37.7 Å². The van der Waals surface area contributed by atoms with Crippen LogP contribution in [0.15, 0.2) is 24.3 Å². The first-order valence-corrected chi connectivity index (χ1v) is 6.96. The average Bonchev–Trinajstić information content (AvgIpc) is 2.43. The Morgan fingerprint density at radius 2 is 1.79 bits per heavy atom. The second-order valence-electron chi connectivity index (χ2n) is 4.63. The molecule has 1 rings (SSSR count). The largest absolute Gasteiger partial charge is 0.396 e. The van der Waals surface area contributed by atoms with Crippen LogP contribution in [0.3, 0.4) is 0 Å². The van der Waals surface area contributed by atoms with Crippen LogP contribution in [0.4, 0.5) is 0 Å². The quantitative estimate of drug-likeness (QED) is 0.591. The van der Waals surface area contributed by atoms with Gasteiger partial charge in [-0.05, 0) is 43.5 Å². The second-order valence-corrected chi connectivity index (χ2v) is 4.63. The molecule has 0 fully saturated rings. The average molecular weight is 264 g/mol. The van der Waals surface area contributed by atoms with Crippen molar-refractivity contribution in [1.29, 1.82) is 0 Å². The molecule has 4 N–H and O–H groups in total. The van der Waals surface area contributed by atoms with Crippen LogP contribution in [0.5, 0.6) is 0 Å². The SMILES string of the molecule is NCCc1ccc(C(=O)NCCCCCCO)cc1. The molecule has 0 spiro atoms. The molecule has 0 atom stereocenters. The van der Waals surface area contributed by atoms with Crippen molar-refractivity contribution < 1.29 is 9.90 Å². The fraction of sp³-hybridized carbons (Fsp3) is 0.533. The predicted molar refractivity (Wildman–Crippen MR) is 77.1 cm³/mol. The fourth-order valence-corrected chi connectivity index (χ4v) is 1.88. The van der Waals surface area contributed by atoms with E-state index in [2.05, 4.69) is 5.32 Å².